The lowest BCUT2D eigenvalue weighted by Crippen LogP contribution is -2.14. The highest BCUT2D eigenvalue weighted by Crippen LogP contribution is 2.29. The standard InChI is InChI=1S/C13H11BrClNOS/c1-8-4-10(14)12(6-11(8)15)16-13(17)5-9-2-3-18-7-9/h2-4,6-7H,5H2,1H3,(H,16,17). The Kier molecular flexibility index (Phi) is 4.43. The van der Waals surface area contributed by atoms with Gasteiger partial charge >= 0.3 is 0 Å². The first kappa shape index (κ1) is 13.6. The van der Waals surface area contributed by atoms with Crippen molar-refractivity contribution in [3.8, 4) is 0 Å². The molecule has 2 rings (SSSR count). The van der Waals surface area contributed by atoms with Crippen LogP contribution in [0.3, 0.4) is 0 Å². The van der Waals surface area contributed by atoms with Crippen LogP contribution in [0.2, 0.25) is 5.02 Å². The fourth-order valence-electron chi connectivity index (χ4n) is 1.52. The predicted molar refractivity (Wildman–Crippen MR) is 80.5 cm³/mol. The highest BCUT2D eigenvalue weighted by molar-refractivity contribution is 9.10. The van der Waals surface area contributed by atoms with Crippen molar-refractivity contribution in [2.45, 2.75) is 13.3 Å². The van der Waals surface area contributed by atoms with E-state index in [9.17, 15) is 4.79 Å². The summed E-state index contributed by atoms with van der Waals surface area (Å²) in [7, 11) is 0. The molecular weight excluding hydrogens is 334 g/mol. The van der Waals surface area contributed by atoms with E-state index in [-0.39, 0.29) is 5.91 Å². The summed E-state index contributed by atoms with van der Waals surface area (Å²) >= 11 is 11.0. The van der Waals surface area contributed by atoms with Gasteiger partial charge in [0.15, 0.2) is 0 Å². The number of benzene rings is 1. The summed E-state index contributed by atoms with van der Waals surface area (Å²) in [6, 6.07) is 5.59. The molecule has 0 unspecified atom stereocenters. The molecule has 0 spiro atoms. The smallest absolute Gasteiger partial charge is 0.228 e. The maximum atomic E-state index is 11.9. The van der Waals surface area contributed by atoms with Crippen molar-refractivity contribution in [3.63, 3.8) is 0 Å². The Morgan fingerprint density at radius 1 is 1.50 bits per heavy atom. The molecule has 1 amide bonds. The first-order valence-electron chi connectivity index (χ1n) is 5.33. The van der Waals surface area contributed by atoms with E-state index in [0.717, 1.165) is 15.6 Å². The molecule has 1 heterocycles. The summed E-state index contributed by atoms with van der Waals surface area (Å²) < 4.78 is 0.836. The van der Waals surface area contributed by atoms with Crippen LogP contribution in [0.4, 0.5) is 5.69 Å². The third kappa shape index (κ3) is 3.34. The number of anilines is 1. The van der Waals surface area contributed by atoms with Gasteiger partial charge in [-0.05, 0) is 62.9 Å². The second-order valence-electron chi connectivity index (χ2n) is 3.94. The number of carbonyl (C=O) groups is 1. The van der Waals surface area contributed by atoms with Crippen molar-refractivity contribution in [2.75, 3.05) is 5.32 Å². The quantitative estimate of drug-likeness (QED) is 0.862. The second kappa shape index (κ2) is 5.87. The molecule has 0 saturated carbocycles. The lowest BCUT2D eigenvalue weighted by molar-refractivity contribution is -0.115. The van der Waals surface area contributed by atoms with Gasteiger partial charge in [-0.25, -0.2) is 0 Å². The fourth-order valence-corrected chi connectivity index (χ4v) is 2.90. The molecule has 0 saturated heterocycles. The number of rotatable bonds is 3. The minimum Gasteiger partial charge on any atom is -0.325 e. The Balaban J connectivity index is 2.09. The summed E-state index contributed by atoms with van der Waals surface area (Å²) in [5.41, 5.74) is 2.69. The largest absolute Gasteiger partial charge is 0.325 e. The fraction of sp³-hybridized carbons (Fsp3) is 0.154. The molecule has 5 heteroatoms. The van der Waals surface area contributed by atoms with Gasteiger partial charge in [0.05, 0.1) is 12.1 Å². The Morgan fingerprint density at radius 2 is 2.28 bits per heavy atom. The zero-order chi connectivity index (χ0) is 13.1. The SMILES string of the molecule is Cc1cc(Br)c(NC(=O)Cc2ccsc2)cc1Cl. The zero-order valence-corrected chi connectivity index (χ0v) is 12.8. The van der Waals surface area contributed by atoms with E-state index in [2.05, 4.69) is 21.2 Å². The summed E-state index contributed by atoms with van der Waals surface area (Å²) in [5.74, 6) is -0.0472. The summed E-state index contributed by atoms with van der Waals surface area (Å²) in [4.78, 5) is 11.9. The molecule has 94 valence electrons. The molecule has 1 aromatic carbocycles. The van der Waals surface area contributed by atoms with E-state index >= 15 is 0 Å². The Bertz CT molecular complexity index is 569. The number of halogens is 2. The van der Waals surface area contributed by atoms with E-state index in [1.54, 1.807) is 17.4 Å². The predicted octanol–water partition coefficient (Wildman–Crippen LogP) is 4.65. The highest BCUT2D eigenvalue weighted by atomic mass is 79.9. The van der Waals surface area contributed by atoms with Crippen LogP contribution in [0.5, 0.6) is 0 Å². The van der Waals surface area contributed by atoms with Gasteiger partial charge in [-0.1, -0.05) is 11.6 Å². The van der Waals surface area contributed by atoms with Gasteiger partial charge in [0.2, 0.25) is 5.91 Å². The Labute approximate surface area is 123 Å². The van der Waals surface area contributed by atoms with Crippen LogP contribution in [0, 0.1) is 6.92 Å². The molecular formula is C13H11BrClNOS. The highest BCUT2D eigenvalue weighted by Gasteiger charge is 2.09. The average Bonchev–Trinajstić information content (AvgIpc) is 2.78. The summed E-state index contributed by atoms with van der Waals surface area (Å²) in [5, 5.41) is 7.42. The van der Waals surface area contributed by atoms with E-state index in [1.807, 2.05) is 29.8 Å². The number of thiophene rings is 1. The van der Waals surface area contributed by atoms with Crippen LogP contribution in [-0.2, 0) is 11.2 Å². The first-order valence-corrected chi connectivity index (χ1v) is 7.44. The number of carbonyl (C=O) groups excluding carboxylic acids is 1. The van der Waals surface area contributed by atoms with Crippen LogP contribution in [0.1, 0.15) is 11.1 Å². The Hall–Kier alpha value is -0.840. The van der Waals surface area contributed by atoms with Gasteiger partial charge in [0, 0.05) is 9.50 Å². The monoisotopic (exact) mass is 343 g/mol. The Morgan fingerprint density at radius 3 is 2.94 bits per heavy atom. The number of hydrogen-bond acceptors (Lipinski definition) is 2. The van der Waals surface area contributed by atoms with Crippen molar-refractivity contribution in [1.29, 1.82) is 0 Å². The van der Waals surface area contributed by atoms with E-state index < -0.39 is 0 Å². The normalized spacial score (nSPS) is 10.4. The topological polar surface area (TPSA) is 29.1 Å². The molecule has 1 N–H and O–H groups in total. The molecule has 0 aliphatic carbocycles. The first-order chi connectivity index (χ1) is 8.56. The van der Waals surface area contributed by atoms with Crippen molar-refractivity contribution in [3.05, 3.63) is 49.6 Å². The molecule has 18 heavy (non-hydrogen) atoms. The summed E-state index contributed by atoms with van der Waals surface area (Å²) in [6.07, 6.45) is 0.376. The minimum atomic E-state index is -0.0472. The van der Waals surface area contributed by atoms with E-state index in [0.29, 0.717) is 17.1 Å². The third-order valence-corrected chi connectivity index (χ3v) is 4.26. The van der Waals surface area contributed by atoms with Crippen molar-refractivity contribution < 1.29 is 4.79 Å². The average molecular weight is 345 g/mol. The second-order valence-corrected chi connectivity index (χ2v) is 5.98. The maximum absolute atomic E-state index is 11.9. The van der Waals surface area contributed by atoms with Crippen molar-refractivity contribution >= 4 is 50.5 Å². The third-order valence-electron chi connectivity index (χ3n) is 2.47. The van der Waals surface area contributed by atoms with Crippen LogP contribution in [-0.4, -0.2) is 5.91 Å². The molecule has 0 fully saturated rings. The van der Waals surface area contributed by atoms with Gasteiger partial charge in [-0.2, -0.15) is 11.3 Å². The van der Waals surface area contributed by atoms with Gasteiger partial charge in [-0.3, -0.25) is 4.79 Å². The molecule has 0 bridgehead atoms. The van der Waals surface area contributed by atoms with Gasteiger partial charge in [0.1, 0.15) is 0 Å². The zero-order valence-electron chi connectivity index (χ0n) is 9.67. The maximum Gasteiger partial charge on any atom is 0.228 e. The van der Waals surface area contributed by atoms with Crippen LogP contribution >= 0.6 is 38.9 Å². The molecule has 0 radical (unpaired) electrons. The molecule has 1 aromatic heterocycles. The van der Waals surface area contributed by atoms with Gasteiger partial charge in [-0.15, -0.1) is 0 Å². The van der Waals surface area contributed by atoms with Crippen molar-refractivity contribution in [2.24, 2.45) is 0 Å². The van der Waals surface area contributed by atoms with Crippen LogP contribution in [0.15, 0.2) is 33.4 Å². The molecule has 2 nitrogen and oxygen atoms in total. The summed E-state index contributed by atoms with van der Waals surface area (Å²) in [6.45, 7) is 1.92. The molecule has 0 aliphatic rings. The molecule has 0 atom stereocenters. The van der Waals surface area contributed by atoms with Gasteiger partial charge < -0.3 is 5.32 Å². The number of aryl methyl sites for hydroxylation is 1. The van der Waals surface area contributed by atoms with Crippen molar-refractivity contribution in [1.82, 2.24) is 0 Å². The van der Waals surface area contributed by atoms with E-state index in [4.69, 9.17) is 11.6 Å². The number of amides is 1. The minimum absolute atomic E-state index is 0.0472. The van der Waals surface area contributed by atoms with E-state index in [1.165, 1.54) is 0 Å². The molecule has 2 aromatic rings. The van der Waals surface area contributed by atoms with Crippen LogP contribution < -0.4 is 5.32 Å². The molecule has 0 aliphatic heterocycles. The lowest BCUT2D eigenvalue weighted by atomic mass is 10.2. The number of nitrogens with one attached hydrogen (secondary N) is 1. The number of hydrogen-bond donors (Lipinski definition) is 1. The van der Waals surface area contributed by atoms with Crippen LogP contribution in [0.25, 0.3) is 0 Å². The lowest BCUT2D eigenvalue weighted by Gasteiger charge is -2.09. The van der Waals surface area contributed by atoms with Gasteiger partial charge in [0.25, 0.3) is 0 Å².